The van der Waals surface area contributed by atoms with Gasteiger partial charge in [0.05, 0.1) is 18.7 Å². The summed E-state index contributed by atoms with van der Waals surface area (Å²) in [5.41, 5.74) is -0.968. The van der Waals surface area contributed by atoms with Crippen molar-refractivity contribution in [1.29, 1.82) is 0 Å². The molecular weight excluding hydrogens is 254 g/mol. The van der Waals surface area contributed by atoms with E-state index in [0.717, 1.165) is 0 Å². The molecule has 0 saturated heterocycles. The predicted molar refractivity (Wildman–Crippen MR) is 60.9 cm³/mol. The third-order valence-electron chi connectivity index (χ3n) is 3.13. The van der Waals surface area contributed by atoms with E-state index in [1.807, 2.05) is 0 Å². The molecule has 0 spiro atoms. The number of carboxylic acid groups (broad SMARTS) is 1. The van der Waals surface area contributed by atoms with Crippen molar-refractivity contribution in [3.05, 3.63) is 11.9 Å². The van der Waals surface area contributed by atoms with E-state index in [-0.39, 0.29) is 31.7 Å². The van der Waals surface area contributed by atoms with E-state index in [4.69, 9.17) is 9.84 Å². The molecule has 104 valence electrons. The maximum atomic E-state index is 11.2. The van der Waals surface area contributed by atoms with E-state index in [9.17, 15) is 14.7 Å². The number of carbonyl (C=O) groups excluding carboxylic acids is 1. The maximum Gasteiger partial charge on any atom is 0.327 e. The number of aliphatic carboxylic acids is 1. The Balaban J connectivity index is 1.98. The highest BCUT2D eigenvalue weighted by molar-refractivity contribution is 5.71. The summed E-state index contributed by atoms with van der Waals surface area (Å²) in [6.45, 7) is 1.90. The SMILES string of the molecule is CCOC(=O)Cn1cc(C2(O)CC(C(=O)O)C2)nn1. The lowest BCUT2D eigenvalue weighted by atomic mass is 9.69. The van der Waals surface area contributed by atoms with Crippen LogP contribution in [0, 0.1) is 5.92 Å². The van der Waals surface area contributed by atoms with E-state index in [1.54, 1.807) is 6.92 Å². The molecule has 19 heavy (non-hydrogen) atoms. The van der Waals surface area contributed by atoms with Gasteiger partial charge < -0.3 is 14.9 Å². The van der Waals surface area contributed by atoms with Gasteiger partial charge in [-0.1, -0.05) is 5.21 Å². The first-order valence-electron chi connectivity index (χ1n) is 5.96. The first kappa shape index (κ1) is 13.5. The lowest BCUT2D eigenvalue weighted by molar-refractivity contribution is -0.160. The number of aliphatic hydroxyl groups is 1. The number of hydrogen-bond acceptors (Lipinski definition) is 6. The Morgan fingerprint density at radius 1 is 1.58 bits per heavy atom. The molecule has 2 rings (SSSR count). The minimum atomic E-state index is -1.25. The van der Waals surface area contributed by atoms with Gasteiger partial charge in [-0.25, -0.2) is 4.68 Å². The highest BCUT2D eigenvalue weighted by Crippen LogP contribution is 2.44. The summed E-state index contributed by atoms with van der Waals surface area (Å²) in [6.07, 6.45) is 1.66. The van der Waals surface area contributed by atoms with Crippen LogP contribution in [0.25, 0.3) is 0 Å². The molecule has 1 heterocycles. The van der Waals surface area contributed by atoms with Crippen molar-refractivity contribution in [2.24, 2.45) is 5.92 Å². The van der Waals surface area contributed by atoms with Crippen LogP contribution in [0.3, 0.4) is 0 Å². The Morgan fingerprint density at radius 3 is 2.84 bits per heavy atom. The van der Waals surface area contributed by atoms with Gasteiger partial charge in [0, 0.05) is 0 Å². The summed E-state index contributed by atoms with van der Waals surface area (Å²) in [5, 5.41) is 26.4. The van der Waals surface area contributed by atoms with Gasteiger partial charge in [-0.05, 0) is 19.8 Å². The molecule has 1 aliphatic carbocycles. The quantitative estimate of drug-likeness (QED) is 0.694. The summed E-state index contributed by atoms with van der Waals surface area (Å²) in [4.78, 5) is 22.0. The lowest BCUT2D eigenvalue weighted by Gasteiger charge is -2.39. The second kappa shape index (κ2) is 4.96. The first-order chi connectivity index (χ1) is 8.94. The van der Waals surface area contributed by atoms with Crippen molar-refractivity contribution in [2.45, 2.75) is 31.9 Å². The molecule has 0 atom stereocenters. The van der Waals surface area contributed by atoms with Gasteiger partial charge >= 0.3 is 11.9 Å². The fourth-order valence-electron chi connectivity index (χ4n) is 2.07. The van der Waals surface area contributed by atoms with Crippen LogP contribution in [0.15, 0.2) is 6.20 Å². The van der Waals surface area contributed by atoms with Crippen molar-refractivity contribution in [3.63, 3.8) is 0 Å². The Labute approximate surface area is 109 Å². The second-order valence-electron chi connectivity index (χ2n) is 4.58. The summed E-state index contributed by atoms with van der Waals surface area (Å²) in [7, 11) is 0. The molecule has 1 aliphatic rings. The van der Waals surface area contributed by atoms with Crippen molar-refractivity contribution >= 4 is 11.9 Å². The number of carboxylic acids is 1. The number of ether oxygens (including phenoxy) is 1. The minimum absolute atomic E-state index is 0.0840. The van der Waals surface area contributed by atoms with Crippen molar-refractivity contribution in [2.75, 3.05) is 6.61 Å². The van der Waals surface area contributed by atoms with E-state index in [2.05, 4.69) is 10.3 Å². The monoisotopic (exact) mass is 269 g/mol. The fourth-order valence-corrected chi connectivity index (χ4v) is 2.07. The molecule has 8 heteroatoms. The number of hydrogen-bond donors (Lipinski definition) is 2. The molecule has 0 radical (unpaired) electrons. The van der Waals surface area contributed by atoms with Crippen LogP contribution in [-0.2, 0) is 26.5 Å². The zero-order valence-corrected chi connectivity index (χ0v) is 10.4. The normalized spacial score (nSPS) is 25.7. The fraction of sp³-hybridized carbons (Fsp3) is 0.636. The van der Waals surface area contributed by atoms with Crippen LogP contribution >= 0.6 is 0 Å². The van der Waals surface area contributed by atoms with E-state index in [0.29, 0.717) is 0 Å². The predicted octanol–water partition coefficient (Wildman–Crippen LogP) is -0.477. The van der Waals surface area contributed by atoms with Gasteiger partial charge in [0.25, 0.3) is 0 Å². The molecule has 2 N–H and O–H groups in total. The molecule has 0 amide bonds. The highest BCUT2D eigenvalue weighted by Gasteiger charge is 2.49. The molecule has 1 saturated carbocycles. The van der Waals surface area contributed by atoms with E-state index in [1.165, 1.54) is 10.9 Å². The Bertz CT molecular complexity index is 492. The maximum absolute atomic E-state index is 11.2. The molecule has 8 nitrogen and oxygen atoms in total. The number of aromatic nitrogens is 3. The molecule has 1 fully saturated rings. The summed E-state index contributed by atoms with van der Waals surface area (Å²) < 4.78 is 6.03. The summed E-state index contributed by atoms with van der Waals surface area (Å²) in [5.74, 6) is -1.92. The van der Waals surface area contributed by atoms with Crippen molar-refractivity contribution in [1.82, 2.24) is 15.0 Å². The molecule has 0 unspecified atom stereocenters. The first-order valence-corrected chi connectivity index (χ1v) is 5.96. The average Bonchev–Trinajstić information content (AvgIpc) is 2.73. The highest BCUT2D eigenvalue weighted by atomic mass is 16.5. The molecule has 0 bridgehead atoms. The van der Waals surface area contributed by atoms with Gasteiger partial charge in [0.15, 0.2) is 0 Å². The second-order valence-corrected chi connectivity index (χ2v) is 4.58. The van der Waals surface area contributed by atoms with E-state index >= 15 is 0 Å². The number of carbonyl (C=O) groups is 2. The smallest absolute Gasteiger partial charge is 0.327 e. The van der Waals surface area contributed by atoms with Crippen LogP contribution in [0.1, 0.15) is 25.5 Å². The molecule has 0 aromatic carbocycles. The largest absolute Gasteiger partial charge is 0.481 e. The standard InChI is InChI=1S/C11H15N3O5/c1-2-19-9(15)6-14-5-8(12-13-14)11(18)3-7(4-11)10(16)17/h5,7,18H,2-4,6H2,1H3,(H,16,17). The van der Waals surface area contributed by atoms with Crippen LogP contribution in [0.5, 0.6) is 0 Å². The lowest BCUT2D eigenvalue weighted by Crippen LogP contribution is -2.44. The Hall–Kier alpha value is -1.96. The van der Waals surface area contributed by atoms with Crippen molar-refractivity contribution in [3.8, 4) is 0 Å². The number of esters is 1. The van der Waals surface area contributed by atoms with E-state index < -0.39 is 23.5 Å². The Morgan fingerprint density at radius 2 is 2.26 bits per heavy atom. The van der Waals surface area contributed by atoms with Gasteiger partial charge in [0.2, 0.25) is 0 Å². The zero-order chi connectivity index (χ0) is 14.0. The third kappa shape index (κ3) is 2.73. The van der Waals surface area contributed by atoms with Crippen LogP contribution in [0.4, 0.5) is 0 Å². The van der Waals surface area contributed by atoms with Crippen LogP contribution in [-0.4, -0.2) is 43.8 Å². The van der Waals surface area contributed by atoms with Gasteiger partial charge in [0.1, 0.15) is 17.8 Å². The summed E-state index contributed by atoms with van der Waals surface area (Å²) in [6, 6.07) is 0. The van der Waals surface area contributed by atoms with Crippen molar-refractivity contribution < 1.29 is 24.5 Å². The van der Waals surface area contributed by atoms with Gasteiger partial charge in [-0.15, -0.1) is 5.10 Å². The minimum Gasteiger partial charge on any atom is -0.481 e. The summed E-state index contributed by atoms with van der Waals surface area (Å²) >= 11 is 0. The van der Waals surface area contributed by atoms with Crippen LogP contribution in [0.2, 0.25) is 0 Å². The van der Waals surface area contributed by atoms with Gasteiger partial charge in [-0.3, -0.25) is 9.59 Å². The average molecular weight is 269 g/mol. The zero-order valence-electron chi connectivity index (χ0n) is 10.4. The number of rotatable bonds is 5. The Kier molecular flexibility index (Phi) is 3.52. The molecular formula is C11H15N3O5. The molecule has 0 aliphatic heterocycles. The molecule has 1 aromatic heterocycles. The third-order valence-corrected chi connectivity index (χ3v) is 3.13. The van der Waals surface area contributed by atoms with Crippen LogP contribution < -0.4 is 0 Å². The topological polar surface area (TPSA) is 115 Å². The van der Waals surface area contributed by atoms with Gasteiger partial charge in [-0.2, -0.15) is 0 Å². The molecule has 1 aromatic rings. The number of nitrogens with zero attached hydrogens (tertiary/aromatic N) is 3.